The van der Waals surface area contributed by atoms with E-state index < -0.39 is 0 Å². The summed E-state index contributed by atoms with van der Waals surface area (Å²) < 4.78 is 15.6. The lowest BCUT2D eigenvalue weighted by Crippen LogP contribution is -2.30. The smallest absolute Gasteiger partial charge is 0.148 e. The number of rotatable bonds is 4. The van der Waals surface area contributed by atoms with Crippen molar-refractivity contribution in [2.24, 2.45) is 0 Å². The van der Waals surface area contributed by atoms with Gasteiger partial charge in [0, 0.05) is 18.8 Å². The van der Waals surface area contributed by atoms with Gasteiger partial charge in [-0.1, -0.05) is 6.07 Å². The summed E-state index contributed by atoms with van der Waals surface area (Å²) in [6, 6.07) is 8.50. The third-order valence-corrected chi connectivity index (χ3v) is 3.95. The summed E-state index contributed by atoms with van der Waals surface area (Å²) >= 11 is 1.24. The van der Waals surface area contributed by atoms with Crippen molar-refractivity contribution in [1.82, 2.24) is 18.5 Å². The van der Waals surface area contributed by atoms with Gasteiger partial charge in [0.15, 0.2) is 0 Å². The predicted molar refractivity (Wildman–Crippen MR) is 76.8 cm³/mol. The van der Waals surface area contributed by atoms with Crippen molar-refractivity contribution in [3.8, 4) is 0 Å². The van der Waals surface area contributed by atoms with Gasteiger partial charge < -0.3 is 10.1 Å². The van der Waals surface area contributed by atoms with Crippen molar-refractivity contribution in [3.63, 3.8) is 0 Å². The molecule has 0 bridgehead atoms. The van der Waals surface area contributed by atoms with Crippen LogP contribution in [0.4, 0.5) is 5.82 Å². The molecule has 4 rings (SSSR count). The van der Waals surface area contributed by atoms with Gasteiger partial charge in [-0.15, -0.1) is 0 Å². The van der Waals surface area contributed by atoms with E-state index in [9.17, 15) is 0 Å². The SMILES string of the molecule is c1cc2nsnc2cc1CNc1ccn(C2COC2)n1. The summed E-state index contributed by atoms with van der Waals surface area (Å²) in [4.78, 5) is 0. The lowest BCUT2D eigenvalue weighted by Gasteiger charge is -2.25. The summed E-state index contributed by atoms with van der Waals surface area (Å²) in [6.45, 7) is 2.24. The molecule has 1 N–H and O–H groups in total. The zero-order valence-electron chi connectivity index (χ0n) is 10.7. The number of benzene rings is 1. The Labute approximate surface area is 119 Å². The Morgan fingerprint density at radius 1 is 1.25 bits per heavy atom. The Hall–Kier alpha value is -1.99. The van der Waals surface area contributed by atoms with Gasteiger partial charge in [0.1, 0.15) is 16.9 Å². The van der Waals surface area contributed by atoms with E-state index in [2.05, 4.69) is 31.3 Å². The summed E-state index contributed by atoms with van der Waals surface area (Å²) in [6.07, 6.45) is 1.99. The van der Waals surface area contributed by atoms with Crippen molar-refractivity contribution in [2.45, 2.75) is 12.6 Å². The maximum absolute atomic E-state index is 5.17. The Kier molecular flexibility index (Phi) is 2.86. The molecule has 1 aromatic carbocycles. The van der Waals surface area contributed by atoms with E-state index in [1.54, 1.807) is 0 Å². The molecule has 1 saturated heterocycles. The summed E-state index contributed by atoms with van der Waals surface area (Å²) in [7, 11) is 0. The molecule has 7 heteroatoms. The Morgan fingerprint density at radius 2 is 2.15 bits per heavy atom. The first kappa shape index (κ1) is 11.8. The molecule has 102 valence electrons. The molecule has 2 aromatic heterocycles. The third-order valence-electron chi connectivity index (χ3n) is 3.39. The van der Waals surface area contributed by atoms with E-state index in [4.69, 9.17) is 4.74 Å². The lowest BCUT2D eigenvalue weighted by atomic mass is 10.2. The van der Waals surface area contributed by atoms with Crippen molar-refractivity contribution < 1.29 is 4.74 Å². The Balaban J connectivity index is 1.44. The molecule has 20 heavy (non-hydrogen) atoms. The first-order chi connectivity index (χ1) is 9.88. The van der Waals surface area contributed by atoms with Crippen LogP contribution in [0.1, 0.15) is 11.6 Å². The maximum Gasteiger partial charge on any atom is 0.148 e. The van der Waals surface area contributed by atoms with Crippen molar-refractivity contribution >= 4 is 28.6 Å². The van der Waals surface area contributed by atoms with Crippen LogP contribution in [-0.4, -0.2) is 31.7 Å². The van der Waals surface area contributed by atoms with Crippen LogP contribution in [0.25, 0.3) is 11.0 Å². The van der Waals surface area contributed by atoms with E-state index in [1.807, 2.05) is 23.0 Å². The molecule has 0 aliphatic carbocycles. The van der Waals surface area contributed by atoms with Crippen molar-refractivity contribution in [1.29, 1.82) is 0 Å². The van der Waals surface area contributed by atoms with E-state index >= 15 is 0 Å². The molecule has 0 saturated carbocycles. The van der Waals surface area contributed by atoms with Gasteiger partial charge in [0.2, 0.25) is 0 Å². The first-order valence-electron chi connectivity index (χ1n) is 6.46. The van der Waals surface area contributed by atoms with Crippen LogP contribution in [0.15, 0.2) is 30.5 Å². The topological polar surface area (TPSA) is 64.9 Å². The predicted octanol–water partition coefficient (Wildman–Crippen LogP) is 2.07. The van der Waals surface area contributed by atoms with E-state index in [-0.39, 0.29) is 0 Å². The van der Waals surface area contributed by atoms with Crippen LogP contribution in [0.5, 0.6) is 0 Å². The molecule has 1 fully saturated rings. The normalized spacial score (nSPS) is 15.4. The molecular weight excluding hydrogens is 274 g/mol. The second kappa shape index (κ2) is 4.84. The molecule has 1 aliphatic heterocycles. The summed E-state index contributed by atoms with van der Waals surface area (Å²) in [5.74, 6) is 0.883. The van der Waals surface area contributed by atoms with Gasteiger partial charge in [0.25, 0.3) is 0 Å². The van der Waals surface area contributed by atoms with Gasteiger partial charge in [-0.25, -0.2) is 0 Å². The van der Waals surface area contributed by atoms with E-state index in [1.165, 1.54) is 17.3 Å². The van der Waals surface area contributed by atoms with Gasteiger partial charge in [-0.2, -0.15) is 13.8 Å². The fourth-order valence-corrected chi connectivity index (χ4v) is 2.66. The fourth-order valence-electron chi connectivity index (χ4n) is 2.14. The zero-order chi connectivity index (χ0) is 13.4. The third kappa shape index (κ3) is 2.14. The van der Waals surface area contributed by atoms with Crippen molar-refractivity contribution in [2.75, 3.05) is 18.5 Å². The average molecular weight is 287 g/mol. The Bertz CT molecular complexity index is 733. The largest absolute Gasteiger partial charge is 0.377 e. The average Bonchev–Trinajstić information content (AvgIpc) is 3.02. The Morgan fingerprint density at radius 3 is 3.00 bits per heavy atom. The second-order valence-electron chi connectivity index (χ2n) is 4.81. The van der Waals surface area contributed by atoms with Gasteiger partial charge in [-0.05, 0) is 17.7 Å². The van der Waals surface area contributed by atoms with Gasteiger partial charge in [-0.3, -0.25) is 4.68 Å². The van der Waals surface area contributed by atoms with Crippen LogP contribution >= 0.6 is 11.7 Å². The number of nitrogens with one attached hydrogen (secondary N) is 1. The standard InChI is InChI=1S/C13H13N5OS/c1-2-11-12(17-20-16-11)5-9(1)6-14-13-3-4-18(15-13)10-7-19-8-10/h1-5,10H,6-8H2,(H,14,15). The van der Waals surface area contributed by atoms with Crippen molar-refractivity contribution in [3.05, 3.63) is 36.0 Å². The number of aromatic nitrogens is 4. The molecule has 0 spiro atoms. The molecule has 0 unspecified atom stereocenters. The molecule has 0 atom stereocenters. The molecular formula is C13H13N5OS. The number of ether oxygens (including phenoxy) is 1. The first-order valence-corrected chi connectivity index (χ1v) is 7.19. The number of hydrogen-bond acceptors (Lipinski definition) is 6. The van der Waals surface area contributed by atoms with Crippen LogP contribution in [-0.2, 0) is 11.3 Å². The minimum atomic E-state index is 0.392. The van der Waals surface area contributed by atoms with Crippen LogP contribution in [0.2, 0.25) is 0 Å². The molecule has 3 aromatic rings. The minimum Gasteiger partial charge on any atom is -0.377 e. The highest BCUT2D eigenvalue weighted by molar-refractivity contribution is 7.00. The maximum atomic E-state index is 5.17. The minimum absolute atomic E-state index is 0.392. The van der Waals surface area contributed by atoms with Crippen LogP contribution in [0, 0.1) is 0 Å². The van der Waals surface area contributed by atoms with E-state index in [0.29, 0.717) is 6.04 Å². The van der Waals surface area contributed by atoms with Crippen LogP contribution in [0.3, 0.4) is 0 Å². The summed E-state index contributed by atoms with van der Waals surface area (Å²) in [5.41, 5.74) is 3.08. The summed E-state index contributed by atoms with van der Waals surface area (Å²) in [5, 5.41) is 7.82. The monoisotopic (exact) mass is 287 g/mol. The zero-order valence-corrected chi connectivity index (χ0v) is 11.5. The van der Waals surface area contributed by atoms with Crippen LogP contribution < -0.4 is 5.32 Å². The molecule has 1 aliphatic rings. The van der Waals surface area contributed by atoms with Gasteiger partial charge in [0.05, 0.1) is 31.0 Å². The fraction of sp³-hybridized carbons (Fsp3) is 0.308. The number of hydrogen-bond donors (Lipinski definition) is 1. The van der Waals surface area contributed by atoms with Gasteiger partial charge >= 0.3 is 0 Å². The molecule has 6 nitrogen and oxygen atoms in total. The molecule has 0 radical (unpaired) electrons. The number of nitrogens with zero attached hydrogens (tertiary/aromatic N) is 4. The quantitative estimate of drug-likeness (QED) is 0.796. The lowest BCUT2D eigenvalue weighted by molar-refractivity contribution is -0.0285. The highest BCUT2D eigenvalue weighted by Gasteiger charge is 2.20. The number of fused-ring (bicyclic) bond motifs is 1. The second-order valence-corrected chi connectivity index (χ2v) is 5.34. The van der Waals surface area contributed by atoms with E-state index in [0.717, 1.165) is 36.6 Å². The molecule has 0 amide bonds. The highest BCUT2D eigenvalue weighted by atomic mass is 32.1. The highest BCUT2D eigenvalue weighted by Crippen LogP contribution is 2.18. The molecule has 3 heterocycles. The number of anilines is 1.